The second-order valence-corrected chi connectivity index (χ2v) is 7.43. The van der Waals surface area contributed by atoms with Gasteiger partial charge in [-0.1, -0.05) is 11.6 Å². The number of nitriles is 1. The molecule has 1 aromatic carbocycles. The topological polar surface area (TPSA) is 112 Å². The molecule has 30 heavy (non-hydrogen) atoms. The number of aromatic amines is 1. The van der Waals surface area contributed by atoms with E-state index in [0.29, 0.717) is 29.1 Å². The van der Waals surface area contributed by atoms with Crippen LogP contribution >= 0.6 is 11.6 Å². The Morgan fingerprint density at radius 3 is 2.80 bits per heavy atom. The lowest BCUT2D eigenvalue weighted by atomic mass is 10.1. The Kier molecular flexibility index (Phi) is 5.79. The van der Waals surface area contributed by atoms with E-state index in [1.807, 2.05) is 13.1 Å². The Morgan fingerprint density at radius 1 is 1.23 bits per heavy atom. The van der Waals surface area contributed by atoms with Crippen molar-refractivity contribution < 1.29 is 9.13 Å². The molecule has 1 aliphatic rings. The average Bonchev–Trinajstić information content (AvgIpc) is 3.37. The summed E-state index contributed by atoms with van der Waals surface area (Å²) in [7, 11) is 1.93. The smallest absolute Gasteiger partial charge is 0.158 e. The molecule has 1 fully saturated rings. The normalized spacial score (nSPS) is 18.2. The summed E-state index contributed by atoms with van der Waals surface area (Å²) in [6, 6.07) is 6.80. The van der Waals surface area contributed by atoms with Crippen molar-refractivity contribution in [3.63, 3.8) is 0 Å². The molecule has 0 saturated heterocycles. The molecular formula is C20H19ClFN7O. The maximum atomic E-state index is 14.8. The minimum atomic E-state index is -0.506. The van der Waals surface area contributed by atoms with Gasteiger partial charge >= 0.3 is 0 Å². The molecule has 3 aromatic rings. The van der Waals surface area contributed by atoms with Gasteiger partial charge in [-0.05, 0) is 38.4 Å². The van der Waals surface area contributed by atoms with E-state index in [1.54, 1.807) is 12.1 Å². The van der Waals surface area contributed by atoms with E-state index in [9.17, 15) is 4.39 Å². The standard InChI is InChI=1S/C20H19ClFN7O/c1-24-12-2-3-14(6-12)30-17-5-11(21)4-15(22)20(17)16-7-18(29-28-16)27-19-10-25-13(8-23)9-26-19/h4-5,7,9-10,12,14,24H,2-3,6H2,1H3,(H2,26,27,28,29)/t12-,14-/m1/s1. The Balaban J connectivity index is 1.58. The SMILES string of the molecule is CN[C@@H]1CC[C@@H](Oc2cc(Cl)cc(F)c2-c2cc(Nc3cnc(C#N)cn3)n[nH]2)C1. The van der Waals surface area contributed by atoms with Gasteiger partial charge in [0.05, 0.1) is 23.7 Å². The summed E-state index contributed by atoms with van der Waals surface area (Å²) in [4.78, 5) is 8.03. The summed E-state index contributed by atoms with van der Waals surface area (Å²) in [5.74, 6) is 0.689. The van der Waals surface area contributed by atoms with Crippen molar-refractivity contribution in [2.45, 2.75) is 31.4 Å². The van der Waals surface area contributed by atoms with Crippen molar-refractivity contribution in [3.8, 4) is 23.1 Å². The Labute approximate surface area is 177 Å². The first-order valence-electron chi connectivity index (χ1n) is 9.43. The number of nitrogens with one attached hydrogen (secondary N) is 3. The van der Waals surface area contributed by atoms with Gasteiger partial charge in [-0.3, -0.25) is 5.10 Å². The molecule has 154 valence electrons. The van der Waals surface area contributed by atoms with Gasteiger partial charge in [0.2, 0.25) is 0 Å². The lowest BCUT2D eigenvalue weighted by Crippen LogP contribution is -2.23. The fourth-order valence-electron chi connectivity index (χ4n) is 3.49. The summed E-state index contributed by atoms with van der Waals surface area (Å²) < 4.78 is 21.0. The summed E-state index contributed by atoms with van der Waals surface area (Å²) >= 11 is 6.08. The number of aromatic nitrogens is 4. The Hall–Kier alpha value is -3.22. The zero-order chi connectivity index (χ0) is 21.1. The van der Waals surface area contributed by atoms with E-state index in [1.165, 1.54) is 18.5 Å². The van der Waals surface area contributed by atoms with Gasteiger partial charge in [0.1, 0.15) is 29.6 Å². The summed E-state index contributed by atoms with van der Waals surface area (Å²) in [6.07, 6.45) is 5.48. The van der Waals surface area contributed by atoms with Crippen LogP contribution in [0.5, 0.6) is 5.75 Å². The van der Waals surface area contributed by atoms with Gasteiger partial charge in [-0.25, -0.2) is 14.4 Å². The van der Waals surface area contributed by atoms with Crippen LogP contribution in [0.3, 0.4) is 0 Å². The number of nitrogens with zero attached hydrogens (tertiary/aromatic N) is 4. The van der Waals surface area contributed by atoms with E-state index < -0.39 is 5.82 Å². The molecule has 0 unspecified atom stereocenters. The first-order chi connectivity index (χ1) is 14.6. The molecule has 1 saturated carbocycles. The van der Waals surface area contributed by atoms with Gasteiger partial charge in [0.15, 0.2) is 11.5 Å². The Bertz CT molecular complexity index is 1080. The second kappa shape index (κ2) is 8.65. The molecule has 0 radical (unpaired) electrons. The van der Waals surface area contributed by atoms with Crippen LogP contribution in [0.2, 0.25) is 5.02 Å². The molecule has 10 heteroatoms. The van der Waals surface area contributed by atoms with Gasteiger partial charge in [-0.2, -0.15) is 10.4 Å². The molecular weight excluding hydrogens is 409 g/mol. The molecule has 3 N–H and O–H groups in total. The number of hydrogen-bond donors (Lipinski definition) is 3. The zero-order valence-electron chi connectivity index (χ0n) is 16.1. The molecule has 1 aliphatic carbocycles. The fourth-order valence-corrected chi connectivity index (χ4v) is 3.68. The minimum Gasteiger partial charge on any atom is -0.489 e. The predicted octanol–water partition coefficient (Wildman–Crippen LogP) is 3.79. The number of ether oxygens (including phenoxy) is 1. The summed E-state index contributed by atoms with van der Waals surface area (Å²) in [5.41, 5.74) is 0.908. The molecule has 8 nitrogen and oxygen atoms in total. The molecule has 0 amide bonds. The van der Waals surface area contributed by atoms with Gasteiger partial charge in [0.25, 0.3) is 0 Å². The van der Waals surface area contributed by atoms with Crippen LogP contribution in [-0.4, -0.2) is 39.4 Å². The number of rotatable bonds is 6. The van der Waals surface area contributed by atoms with Crippen molar-refractivity contribution in [2.75, 3.05) is 12.4 Å². The number of benzene rings is 1. The van der Waals surface area contributed by atoms with E-state index >= 15 is 0 Å². The Morgan fingerprint density at radius 2 is 2.10 bits per heavy atom. The number of hydrogen-bond acceptors (Lipinski definition) is 7. The van der Waals surface area contributed by atoms with E-state index in [4.69, 9.17) is 21.6 Å². The monoisotopic (exact) mass is 427 g/mol. The predicted molar refractivity (Wildman–Crippen MR) is 110 cm³/mol. The third kappa shape index (κ3) is 4.35. The number of anilines is 2. The number of H-pyrrole nitrogens is 1. The molecule has 4 rings (SSSR count). The van der Waals surface area contributed by atoms with Crippen molar-refractivity contribution >= 4 is 23.2 Å². The number of halogens is 2. The van der Waals surface area contributed by atoms with E-state index in [0.717, 1.165) is 19.3 Å². The third-order valence-corrected chi connectivity index (χ3v) is 5.19. The van der Waals surface area contributed by atoms with E-state index in [2.05, 4.69) is 30.8 Å². The molecule has 0 spiro atoms. The zero-order valence-corrected chi connectivity index (χ0v) is 16.9. The second-order valence-electron chi connectivity index (χ2n) is 6.99. The van der Waals surface area contributed by atoms with Crippen molar-refractivity contribution in [1.29, 1.82) is 5.26 Å². The van der Waals surface area contributed by atoms with Crippen molar-refractivity contribution in [3.05, 3.63) is 47.1 Å². The minimum absolute atomic E-state index is 0.0199. The lowest BCUT2D eigenvalue weighted by Gasteiger charge is -2.17. The van der Waals surface area contributed by atoms with Crippen molar-refractivity contribution in [1.82, 2.24) is 25.5 Å². The van der Waals surface area contributed by atoms with Gasteiger partial charge < -0.3 is 15.4 Å². The average molecular weight is 428 g/mol. The fraction of sp³-hybridized carbons (Fsp3) is 0.300. The van der Waals surface area contributed by atoms with Crippen LogP contribution < -0.4 is 15.4 Å². The van der Waals surface area contributed by atoms with Crippen molar-refractivity contribution in [2.24, 2.45) is 0 Å². The highest BCUT2D eigenvalue weighted by atomic mass is 35.5. The highest BCUT2D eigenvalue weighted by Crippen LogP contribution is 2.37. The molecule has 2 atom stereocenters. The maximum Gasteiger partial charge on any atom is 0.158 e. The largest absolute Gasteiger partial charge is 0.489 e. The molecule has 2 heterocycles. The summed E-state index contributed by atoms with van der Waals surface area (Å²) in [5, 5.41) is 22.3. The third-order valence-electron chi connectivity index (χ3n) is 4.97. The lowest BCUT2D eigenvalue weighted by molar-refractivity contribution is 0.207. The molecule has 2 aromatic heterocycles. The molecule has 0 bridgehead atoms. The van der Waals surface area contributed by atoms with Crippen LogP contribution in [0.4, 0.5) is 16.0 Å². The van der Waals surface area contributed by atoms with Crippen LogP contribution in [0.25, 0.3) is 11.3 Å². The molecule has 0 aliphatic heterocycles. The summed E-state index contributed by atoms with van der Waals surface area (Å²) in [6.45, 7) is 0. The highest BCUT2D eigenvalue weighted by molar-refractivity contribution is 6.30. The van der Waals surface area contributed by atoms with Gasteiger partial charge in [-0.15, -0.1) is 0 Å². The maximum absolute atomic E-state index is 14.8. The van der Waals surface area contributed by atoms with Crippen LogP contribution in [0.15, 0.2) is 30.6 Å². The van der Waals surface area contributed by atoms with Crippen LogP contribution in [0.1, 0.15) is 25.0 Å². The van der Waals surface area contributed by atoms with Crippen LogP contribution in [-0.2, 0) is 0 Å². The first-order valence-corrected chi connectivity index (χ1v) is 9.81. The van der Waals surface area contributed by atoms with Crippen LogP contribution in [0, 0.1) is 17.1 Å². The quantitative estimate of drug-likeness (QED) is 0.548. The first kappa shape index (κ1) is 20.1. The van der Waals surface area contributed by atoms with Gasteiger partial charge in [0, 0.05) is 17.1 Å². The highest BCUT2D eigenvalue weighted by Gasteiger charge is 2.27. The van der Waals surface area contributed by atoms with E-state index in [-0.39, 0.29) is 22.4 Å².